The number of nitrogens with two attached hydrogens (primary N) is 1. The van der Waals surface area contributed by atoms with Gasteiger partial charge in [-0.2, -0.15) is 26.3 Å². The van der Waals surface area contributed by atoms with Gasteiger partial charge in [0.2, 0.25) is 0 Å². The maximum Gasteiger partial charge on any atom is 0.417 e. The van der Waals surface area contributed by atoms with Gasteiger partial charge in [-0.15, -0.1) is 0 Å². The Balaban J connectivity index is 0.000000404. The Morgan fingerprint density at radius 3 is 1.94 bits per heavy atom. The Hall–Kier alpha value is -1.67. The molecule has 2 aromatic heterocycles. The van der Waals surface area contributed by atoms with E-state index in [4.69, 9.17) is 15.2 Å². The summed E-state index contributed by atoms with van der Waals surface area (Å²) in [6.45, 7) is 0.106. The number of ether oxygens (including phenoxy) is 2. The number of hydrogen-bond donors (Lipinski definition) is 2. The van der Waals surface area contributed by atoms with Crippen molar-refractivity contribution in [1.29, 1.82) is 0 Å². The van der Waals surface area contributed by atoms with Crippen LogP contribution in [0.1, 0.15) is 11.1 Å². The molecule has 0 aliphatic carbocycles. The largest absolute Gasteiger partial charge is 0.417 e. The highest BCUT2D eigenvalue weighted by atomic mass is 127. The first kappa shape index (κ1) is 30.4. The molecule has 0 bridgehead atoms. The Bertz CT molecular complexity index is 974. The summed E-state index contributed by atoms with van der Waals surface area (Å²) in [4.78, 5) is 20.4. The molecule has 0 aliphatic heterocycles. The number of nitrogen functional groups attached to an aromatic ring is 1. The zero-order valence-corrected chi connectivity index (χ0v) is 22.1. The maximum atomic E-state index is 12.8. The molecule has 0 unspecified atom stereocenters. The molecule has 0 saturated carbocycles. The fraction of sp³-hybridized carbons (Fsp3) is 0.389. The van der Waals surface area contributed by atoms with Gasteiger partial charge in [0.05, 0.1) is 17.7 Å². The highest BCUT2D eigenvalue weighted by Crippen LogP contribution is 2.34. The second-order valence-electron chi connectivity index (χ2n) is 6.35. The van der Waals surface area contributed by atoms with Crippen molar-refractivity contribution in [3.8, 4) is 0 Å². The number of pyridine rings is 2. The van der Waals surface area contributed by atoms with E-state index in [9.17, 15) is 31.1 Å². The van der Waals surface area contributed by atoms with Crippen molar-refractivity contribution in [2.75, 3.05) is 38.9 Å². The molecule has 0 radical (unpaired) electrons. The van der Waals surface area contributed by atoms with Gasteiger partial charge in [-0.25, -0.2) is 14.8 Å². The molecule has 0 spiro atoms. The molecule has 2 aromatic rings. The van der Waals surface area contributed by atoms with Crippen molar-refractivity contribution in [2.45, 2.75) is 18.6 Å². The number of carbonyl (C=O) groups excluding carboxylic acids is 1. The van der Waals surface area contributed by atoms with E-state index >= 15 is 0 Å². The Morgan fingerprint density at radius 1 is 1.03 bits per heavy atom. The lowest BCUT2D eigenvalue weighted by atomic mass is 10.2. The first-order valence-corrected chi connectivity index (χ1v) is 11.0. The van der Waals surface area contributed by atoms with Crippen molar-refractivity contribution in [3.63, 3.8) is 0 Å². The molecule has 8 nitrogen and oxygen atoms in total. The number of urea groups is 1. The number of halogens is 8. The van der Waals surface area contributed by atoms with Crippen LogP contribution in [0.2, 0.25) is 0 Å². The Labute approximate surface area is 217 Å². The Morgan fingerprint density at radius 2 is 1.50 bits per heavy atom. The molecule has 34 heavy (non-hydrogen) atoms. The van der Waals surface area contributed by atoms with Gasteiger partial charge in [0.15, 0.2) is 6.29 Å². The molecular weight excluding hydrogens is 702 g/mol. The first-order chi connectivity index (χ1) is 15.6. The van der Waals surface area contributed by atoms with Crippen LogP contribution in [0.3, 0.4) is 0 Å². The van der Waals surface area contributed by atoms with Gasteiger partial charge in [-0.1, -0.05) is 0 Å². The second kappa shape index (κ2) is 12.9. The van der Waals surface area contributed by atoms with Crippen LogP contribution in [-0.2, 0) is 21.8 Å². The lowest BCUT2D eigenvalue weighted by Crippen LogP contribution is -2.38. The molecule has 190 valence electrons. The molecule has 0 saturated heterocycles. The van der Waals surface area contributed by atoms with Crippen molar-refractivity contribution in [3.05, 3.63) is 42.8 Å². The summed E-state index contributed by atoms with van der Waals surface area (Å²) < 4.78 is 84.7. The summed E-state index contributed by atoms with van der Waals surface area (Å²) in [6, 6.07) is 0.986. The molecule has 0 atom stereocenters. The summed E-state index contributed by atoms with van der Waals surface area (Å²) in [6.07, 6.45) is -7.35. The van der Waals surface area contributed by atoms with Crippen molar-refractivity contribution in [1.82, 2.24) is 14.9 Å². The zero-order valence-electron chi connectivity index (χ0n) is 17.8. The quantitative estimate of drug-likeness (QED) is 0.254. The fourth-order valence-electron chi connectivity index (χ4n) is 2.15. The summed E-state index contributed by atoms with van der Waals surface area (Å²) in [5, 5.41) is 2.30. The van der Waals surface area contributed by atoms with Crippen molar-refractivity contribution >= 4 is 62.8 Å². The smallest absolute Gasteiger partial charge is 0.384 e. The summed E-state index contributed by atoms with van der Waals surface area (Å²) >= 11 is 3.10. The lowest BCUT2D eigenvalue weighted by Gasteiger charge is -2.22. The highest BCUT2D eigenvalue weighted by molar-refractivity contribution is 14.1. The number of likely N-dealkylation sites (N-methyl/N-ethyl adjacent to an activating group) is 1. The van der Waals surface area contributed by atoms with Crippen LogP contribution in [-0.4, -0.2) is 55.0 Å². The average Bonchev–Trinajstić information content (AvgIpc) is 2.73. The van der Waals surface area contributed by atoms with Gasteiger partial charge < -0.3 is 20.1 Å². The first-order valence-electron chi connectivity index (χ1n) is 8.88. The summed E-state index contributed by atoms with van der Waals surface area (Å²) in [7, 11) is 4.28. The van der Waals surface area contributed by atoms with Crippen LogP contribution in [0.4, 0.5) is 42.8 Å². The predicted molar refractivity (Wildman–Crippen MR) is 128 cm³/mol. The number of nitrogens with zero attached hydrogens (tertiary/aromatic N) is 3. The van der Waals surface area contributed by atoms with Crippen LogP contribution in [0.25, 0.3) is 0 Å². The third-order valence-corrected chi connectivity index (χ3v) is 5.59. The topological polar surface area (TPSA) is 103 Å². The van der Waals surface area contributed by atoms with Gasteiger partial charge in [-0.3, -0.25) is 5.32 Å². The SMILES string of the molecule is COC(CN(C)C(=O)Nc1cc(C(F)(F)F)c(I)cn1)OC.Nc1cc(C(F)(F)F)c(I)cn1. The van der Waals surface area contributed by atoms with E-state index in [2.05, 4.69) is 15.3 Å². The van der Waals surface area contributed by atoms with Crippen LogP contribution < -0.4 is 11.1 Å². The number of rotatable bonds is 5. The van der Waals surface area contributed by atoms with E-state index in [0.29, 0.717) is 0 Å². The number of anilines is 2. The molecule has 0 aromatic carbocycles. The number of aromatic nitrogens is 2. The second-order valence-corrected chi connectivity index (χ2v) is 8.67. The normalized spacial score (nSPS) is 11.6. The van der Waals surface area contributed by atoms with Crippen LogP contribution in [0.15, 0.2) is 24.5 Å². The number of methoxy groups -OCH3 is 2. The summed E-state index contributed by atoms with van der Waals surface area (Å²) in [5.41, 5.74) is 3.52. The minimum atomic E-state index is -4.51. The number of hydrogen-bond acceptors (Lipinski definition) is 6. The number of alkyl halides is 6. The molecule has 2 rings (SSSR count). The van der Waals surface area contributed by atoms with Gasteiger partial charge in [0.1, 0.15) is 11.6 Å². The van der Waals surface area contributed by atoms with E-state index in [1.54, 1.807) is 22.6 Å². The molecule has 3 N–H and O–H groups in total. The van der Waals surface area contributed by atoms with Gasteiger partial charge in [0, 0.05) is 40.8 Å². The van der Waals surface area contributed by atoms with Gasteiger partial charge >= 0.3 is 18.4 Å². The monoisotopic (exact) mass is 721 g/mol. The minimum absolute atomic E-state index is 0.0460. The highest BCUT2D eigenvalue weighted by Gasteiger charge is 2.34. The minimum Gasteiger partial charge on any atom is -0.384 e. The van der Waals surface area contributed by atoms with Crippen LogP contribution in [0.5, 0.6) is 0 Å². The zero-order chi connectivity index (χ0) is 26.3. The number of nitrogens with one attached hydrogen (secondary N) is 1. The van der Waals surface area contributed by atoms with Crippen LogP contribution in [0, 0.1) is 7.14 Å². The maximum absolute atomic E-state index is 12.8. The van der Waals surface area contributed by atoms with Gasteiger partial charge in [0.25, 0.3) is 0 Å². The number of carbonyl (C=O) groups is 1. The third kappa shape index (κ3) is 9.53. The summed E-state index contributed by atoms with van der Waals surface area (Å²) in [5.74, 6) is -0.307. The number of amides is 2. The fourth-order valence-corrected chi connectivity index (χ4v) is 3.35. The predicted octanol–water partition coefficient (Wildman–Crippen LogP) is 5.07. The molecule has 0 aliphatic rings. The van der Waals surface area contributed by atoms with E-state index in [1.165, 1.54) is 48.8 Å². The van der Waals surface area contributed by atoms with Crippen molar-refractivity contribution in [2.24, 2.45) is 0 Å². The van der Waals surface area contributed by atoms with E-state index in [1.807, 2.05) is 0 Å². The molecule has 0 fully saturated rings. The van der Waals surface area contributed by atoms with Crippen LogP contribution >= 0.6 is 45.2 Å². The van der Waals surface area contributed by atoms with Gasteiger partial charge in [-0.05, 0) is 57.3 Å². The third-order valence-electron chi connectivity index (χ3n) is 3.87. The average molecular weight is 721 g/mol. The van der Waals surface area contributed by atoms with E-state index in [0.717, 1.165) is 24.5 Å². The molecule has 16 heteroatoms. The molecular formula is C18H19F6I2N5O3. The van der Waals surface area contributed by atoms with E-state index in [-0.39, 0.29) is 25.3 Å². The van der Waals surface area contributed by atoms with Crippen molar-refractivity contribution < 1.29 is 40.6 Å². The molecule has 2 amide bonds. The Kier molecular flexibility index (Phi) is 11.5. The molecule has 2 heterocycles. The lowest BCUT2D eigenvalue weighted by molar-refractivity contribution is -0.139. The van der Waals surface area contributed by atoms with E-state index < -0.39 is 35.8 Å². The standard InChI is InChI=1S/C12H15F3IN3O3.C6H4F3IN2/c1-19(6-10(21-2)22-3)11(20)18-9-4-7(12(13,14)15)8(16)5-17-9;7-6(8,9)3-1-5(11)12-2-4(3)10/h4-5,10H,6H2,1-3H3,(H,17,18,20);1-2H,(H2,11,12).